The largest absolute Gasteiger partial charge is 0.468 e. The van der Waals surface area contributed by atoms with Crippen molar-refractivity contribution in [1.82, 2.24) is 10.3 Å². The van der Waals surface area contributed by atoms with Crippen LogP contribution in [0.4, 0.5) is 5.82 Å². The van der Waals surface area contributed by atoms with Gasteiger partial charge in [0.15, 0.2) is 0 Å². The van der Waals surface area contributed by atoms with E-state index in [1.807, 2.05) is 0 Å². The molecule has 1 unspecified atom stereocenters. The first kappa shape index (κ1) is 23.6. The molecular formula is C22H38N4O3. The summed E-state index contributed by atoms with van der Waals surface area (Å²) in [6.45, 7) is 3.21. The molecule has 1 aliphatic heterocycles. The van der Waals surface area contributed by atoms with E-state index in [1.54, 1.807) is 7.11 Å². The molecule has 0 radical (unpaired) electrons. The van der Waals surface area contributed by atoms with Crippen molar-refractivity contribution in [1.29, 1.82) is 0 Å². The summed E-state index contributed by atoms with van der Waals surface area (Å²) in [5, 5.41) is 6.49. The zero-order valence-corrected chi connectivity index (χ0v) is 18.0. The summed E-state index contributed by atoms with van der Waals surface area (Å²) < 4.78 is 9.31. The number of carbonyl (C=O) groups is 1. The van der Waals surface area contributed by atoms with Crippen LogP contribution >= 0.6 is 0 Å². The molecule has 1 fully saturated rings. The Morgan fingerprint density at radius 3 is 2.83 bits per heavy atom. The van der Waals surface area contributed by atoms with Crippen LogP contribution in [-0.4, -0.2) is 57.5 Å². The van der Waals surface area contributed by atoms with E-state index >= 15 is 0 Å². The van der Waals surface area contributed by atoms with Gasteiger partial charge in [0.25, 0.3) is 0 Å². The first-order valence-electron chi connectivity index (χ1n) is 10.9. The van der Waals surface area contributed by atoms with Gasteiger partial charge in [-0.25, -0.2) is 4.98 Å². The van der Waals surface area contributed by atoms with Gasteiger partial charge >= 0.3 is 5.97 Å². The summed E-state index contributed by atoms with van der Waals surface area (Å²) in [6.07, 6.45) is 9.87. The van der Waals surface area contributed by atoms with Crippen molar-refractivity contribution in [2.45, 2.75) is 57.4 Å². The van der Waals surface area contributed by atoms with E-state index in [4.69, 9.17) is 15.5 Å². The van der Waals surface area contributed by atoms with Gasteiger partial charge in [-0.1, -0.05) is 25.3 Å². The van der Waals surface area contributed by atoms with Crippen molar-refractivity contribution < 1.29 is 14.3 Å². The van der Waals surface area contributed by atoms with Gasteiger partial charge in [0, 0.05) is 25.9 Å². The lowest BCUT2D eigenvalue weighted by Crippen LogP contribution is -2.35. The molecule has 2 heterocycles. The topological polar surface area (TPSA) is 98.5 Å². The van der Waals surface area contributed by atoms with Crippen molar-refractivity contribution in [3.8, 4) is 0 Å². The summed E-state index contributed by atoms with van der Waals surface area (Å²) in [4.78, 5) is 15.6. The number of hydrogen-bond donors (Lipinski definition) is 3. The Hall–Kier alpha value is -1.70. The summed E-state index contributed by atoms with van der Waals surface area (Å²) in [7, 11) is 2.97. The number of ether oxygens (including phenoxy) is 2. The normalized spacial score (nSPS) is 16.5. The predicted molar refractivity (Wildman–Crippen MR) is 116 cm³/mol. The first-order chi connectivity index (χ1) is 14.1. The van der Waals surface area contributed by atoms with Gasteiger partial charge in [-0.05, 0) is 56.2 Å². The molecule has 1 atom stereocenters. The highest BCUT2D eigenvalue weighted by molar-refractivity contribution is 5.75. The van der Waals surface area contributed by atoms with Crippen LogP contribution in [0.2, 0.25) is 0 Å². The van der Waals surface area contributed by atoms with E-state index in [2.05, 4.69) is 27.5 Å². The van der Waals surface area contributed by atoms with Crippen LogP contribution in [-0.2, 0) is 27.1 Å². The van der Waals surface area contributed by atoms with Crippen LogP contribution in [0.25, 0.3) is 0 Å². The maximum absolute atomic E-state index is 10.8. The van der Waals surface area contributed by atoms with E-state index in [1.165, 1.54) is 63.3 Å². The second kappa shape index (κ2) is 13.5. The third kappa shape index (κ3) is 8.68. The van der Waals surface area contributed by atoms with Crippen molar-refractivity contribution in [2.75, 3.05) is 45.8 Å². The first-order valence-corrected chi connectivity index (χ1v) is 10.9. The van der Waals surface area contributed by atoms with Gasteiger partial charge in [-0.3, -0.25) is 4.79 Å². The molecule has 4 N–H and O–H groups in total. The maximum atomic E-state index is 10.8. The molecule has 1 aromatic rings. The number of nitrogens with two attached hydrogens (primary N) is 1. The molecule has 1 aromatic heterocycles. The van der Waals surface area contributed by atoms with Crippen molar-refractivity contribution in [2.24, 2.45) is 11.7 Å². The van der Waals surface area contributed by atoms with Crippen LogP contribution in [0.5, 0.6) is 0 Å². The monoisotopic (exact) mass is 406 g/mol. The van der Waals surface area contributed by atoms with E-state index in [0.29, 0.717) is 19.6 Å². The number of nitrogens with zero attached hydrogens (tertiary/aromatic N) is 1. The third-order valence-corrected chi connectivity index (χ3v) is 5.60. The number of nitrogens with one attached hydrogen (secondary N) is 2. The van der Waals surface area contributed by atoms with Gasteiger partial charge < -0.3 is 25.8 Å². The fourth-order valence-corrected chi connectivity index (χ4v) is 3.47. The number of aryl methyl sites for hydroxylation is 2. The Balaban J connectivity index is 0.000000213. The van der Waals surface area contributed by atoms with Crippen molar-refractivity contribution in [3.05, 3.63) is 23.4 Å². The molecule has 0 aromatic carbocycles. The van der Waals surface area contributed by atoms with Crippen LogP contribution in [0.1, 0.15) is 49.8 Å². The summed E-state index contributed by atoms with van der Waals surface area (Å²) >= 11 is 0. The highest BCUT2D eigenvalue weighted by Crippen LogP contribution is 2.30. The average Bonchev–Trinajstić information content (AvgIpc) is 2.72. The number of carbonyl (C=O) groups excluding carboxylic acids is 1. The number of pyridine rings is 1. The SMILES string of the molecule is COCCNCCC(N)C(=O)OC.c1cc2c(nc1CCC1CCC1)NCCC2. The van der Waals surface area contributed by atoms with Gasteiger partial charge in [0.05, 0.1) is 13.7 Å². The van der Waals surface area contributed by atoms with E-state index in [9.17, 15) is 4.79 Å². The molecule has 3 rings (SSSR count). The van der Waals surface area contributed by atoms with Gasteiger partial charge in [-0.15, -0.1) is 0 Å². The lowest BCUT2D eigenvalue weighted by atomic mass is 9.82. The lowest BCUT2D eigenvalue weighted by Gasteiger charge is -2.25. The second-order valence-electron chi connectivity index (χ2n) is 7.84. The van der Waals surface area contributed by atoms with Crippen LogP contribution in [0.3, 0.4) is 0 Å². The van der Waals surface area contributed by atoms with Gasteiger partial charge in [0.2, 0.25) is 0 Å². The van der Waals surface area contributed by atoms with E-state index < -0.39 is 6.04 Å². The summed E-state index contributed by atoms with van der Waals surface area (Å²) in [5.41, 5.74) is 8.18. The number of rotatable bonds is 10. The molecule has 7 nitrogen and oxygen atoms in total. The van der Waals surface area contributed by atoms with Crippen LogP contribution in [0, 0.1) is 5.92 Å². The lowest BCUT2D eigenvalue weighted by molar-refractivity contribution is -0.142. The molecule has 2 aliphatic rings. The smallest absolute Gasteiger partial charge is 0.322 e. The number of fused-ring (bicyclic) bond motifs is 1. The third-order valence-electron chi connectivity index (χ3n) is 5.60. The minimum atomic E-state index is -0.528. The summed E-state index contributed by atoms with van der Waals surface area (Å²) in [5.74, 6) is 1.77. The average molecular weight is 407 g/mol. The number of anilines is 1. The minimum absolute atomic E-state index is 0.367. The number of hydrogen-bond acceptors (Lipinski definition) is 7. The second-order valence-corrected chi connectivity index (χ2v) is 7.84. The Labute approximate surface area is 175 Å². The Bertz CT molecular complexity index is 608. The highest BCUT2D eigenvalue weighted by atomic mass is 16.5. The molecule has 0 amide bonds. The van der Waals surface area contributed by atoms with Crippen molar-refractivity contribution in [3.63, 3.8) is 0 Å². The Kier molecular flexibility index (Phi) is 11.0. The predicted octanol–water partition coefficient (Wildman–Crippen LogP) is 2.29. The molecule has 1 aliphatic carbocycles. The Morgan fingerprint density at radius 2 is 2.14 bits per heavy atom. The Morgan fingerprint density at radius 1 is 1.31 bits per heavy atom. The fraction of sp³-hybridized carbons (Fsp3) is 0.727. The fourth-order valence-electron chi connectivity index (χ4n) is 3.47. The van der Waals surface area contributed by atoms with Crippen LogP contribution in [0.15, 0.2) is 12.1 Å². The maximum Gasteiger partial charge on any atom is 0.322 e. The van der Waals surface area contributed by atoms with Gasteiger partial charge in [-0.2, -0.15) is 0 Å². The molecule has 0 spiro atoms. The van der Waals surface area contributed by atoms with Gasteiger partial charge in [0.1, 0.15) is 11.9 Å². The number of aromatic nitrogens is 1. The minimum Gasteiger partial charge on any atom is -0.468 e. The highest BCUT2D eigenvalue weighted by Gasteiger charge is 2.17. The molecule has 7 heteroatoms. The molecule has 164 valence electrons. The standard InChI is InChI=1S/C14H20N2.C8H18N2O3/c1-3-11(4-1)6-8-13-9-7-12-5-2-10-15-14(12)16-13;1-12-6-5-10-4-3-7(9)8(11)13-2/h7,9,11H,1-6,8,10H2,(H,15,16);7,10H,3-6,9H2,1-2H3. The molecule has 29 heavy (non-hydrogen) atoms. The van der Waals surface area contributed by atoms with Crippen LogP contribution < -0.4 is 16.4 Å². The summed E-state index contributed by atoms with van der Waals surface area (Å²) in [6, 6.07) is 3.97. The zero-order chi connectivity index (χ0) is 20.9. The van der Waals surface area contributed by atoms with Crippen molar-refractivity contribution >= 4 is 11.8 Å². The number of methoxy groups -OCH3 is 2. The molecular weight excluding hydrogens is 368 g/mol. The number of esters is 1. The molecule has 0 bridgehead atoms. The quantitative estimate of drug-likeness (QED) is 0.405. The zero-order valence-electron chi connectivity index (χ0n) is 18.0. The molecule has 1 saturated carbocycles. The molecule has 0 saturated heterocycles. The van der Waals surface area contributed by atoms with E-state index in [0.717, 1.165) is 24.8 Å². The van der Waals surface area contributed by atoms with E-state index in [-0.39, 0.29) is 5.97 Å².